The predicted molar refractivity (Wildman–Crippen MR) is 140 cm³/mol. The van der Waals surface area contributed by atoms with E-state index in [1.165, 1.54) is 60.4 Å². The van der Waals surface area contributed by atoms with Crippen LogP contribution in [0.15, 0.2) is 116 Å². The average Bonchev–Trinajstić information content (AvgIpc) is 3.37. The Bertz CT molecular complexity index is 1680. The molecule has 0 aliphatic carbocycles. The van der Waals surface area contributed by atoms with E-state index in [4.69, 9.17) is 0 Å². The minimum Gasteiger partial charge on any atom is -0.308 e. The van der Waals surface area contributed by atoms with Gasteiger partial charge in [0.25, 0.3) is 0 Å². The summed E-state index contributed by atoms with van der Waals surface area (Å²) in [6, 6.07) is 30.8. The second kappa shape index (κ2) is 7.25. The van der Waals surface area contributed by atoms with Gasteiger partial charge >= 0.3 is 0 Å². The lowest BCUT2D eigenvalue weighted by molar-refractivity contribution is 1.37. The third-order valence-corrected chi connectivity index (χ3v) is 6.47. The Kier molecular flexibility index (Phi) is 4.22. The molecule has 2 aromatic heterocycles. The molecule has 1 nitrogen and oxygen atoms in total. The summed E-state index contributed by atoms with van der Waals surface area (Å²) in [7, 11) is 0. The lowest BCUT2D eigenvalue weighted by Crippen LogP contribution is -1.85. The Balaban J connectivity index is 1.77. The highest BCUT2D eigenvalue weighted by molar-refractivity contribution is 6.27. The van der Waals surface area contributed by atoms with Crippen LogP contribution in [0.1, 0.15) is 12.5 Å². The maximum atomic E-state index is 3.77. The van der Waals surface area contributed by atoms with Crippen LogP contribution in [0.5, 0.6) is 0 Å². The standard InChI is InChI=1S/C31H23N/c1-3-4-6-12-21(2)23-15-10-19-27-29(23)25-17-9-18-26-30-24(22-13-7-5-8-14-22)16-11-20-28(30)32(27)31(25)26/h3-20H,1H2,2H3/b6-4-,21-12+. The van der Waals surface area contributed by atoms with Crippen molar-refractivity contribution in [1.29, 1.82) is 0 Å². The van der Waals surface area contributed by atoms with Gasteiger partial charge in [0.1, 0.15) is 0 Å². The first kappa shape index (κ1) is 18.7. The van der Waals surface area contributed by atoms with Crippen molar-refractivity contribution < 1.29 is 0 Å². The van der Waals surface area contributed by atoms with Gasteiger partial charge in [-0.25, -0.2) is 0 Å². The number of nitrogens with zero attached hydrogens (tertiary/aromatic N) is 1. The molecule has 0 unspecified atom stereocenters. The van der Waals surface area contributed by atoms with E-state index in [-0.39, 0.29) is 0 Å². The number of aromatic nitrogens is 1. The molecular formula is C31H23N. The lowest BCUT2D eigenvalue weighted by Gasteiger charge is -2.07. The first-order chi connectivity index (χ1) is 15.8. The molecule has 152 valence electrons. The summed E-state index contributed by atoms with van der Waals surface area (Å²) in [6.45, 7) is 5.96. The van der Waals surface area contributed by atoms with Gasteiger partial charge in [-0.15, -0.1) is 0 Å². The summed E-state index contributed by atoms with van der Waals surface area (Å²) < 4.78 is 2.46. The van der Waals surface area contributed by atoms with Crippen molar-refractivity contribution in [3.63, 3.8) is 0 Å². The fourth-order valence-electron chi connectivity index (χ4n) is 5.13. The predicted octanol–water partition coefficient (Wildman–Crippen LogP) is 8.65. The van der Waals surface area contributed by atoms with Crippen LogP contribution in [-0.2, 0) is 0 Å². The molecule has 0 saturated heterocycles. The van der Waals surface area contributed by atoms with Crippen LogP contribution in [0, 0.1) is 0 Å². The summed E-state index contributed by atoms with van der Waals surface area (Å²) in [5, 5.41) is 5.27. The molecular weight excluding hydrogens is 386 g/mol. The second-order valence-corrected chi connectivity index (χ2v) is 8.27. The number of hydrogen-bond donors (Lipinski definition) is 0. The Morgan fingerprint density at radius 3 is 2.19 bits per heavy atom. The van der Waals surface area contributed by atoms with E-state index in [1.54, 1.807) is 0 Å². The SMILES string of the molecule is C=C/C=C\C=C(/C)c1cccc2c1c1cccc3c4c(-c5ccccc5)cccc4n2c13. The minimum atomic E-state index is 1.25. The first-order valence-corrected chi connectivity index (χ1v) is 11.0. The number of hydrogen-bond acceptors (Lipinski definition) is 0. The van der Waals surface area contributed by atoms with E-state index < -0.39 is 0 Å². The molecule has 1 heteroatoms. The fourth-order valence-corrected chi connectivity index (χ4v) is 5.13. The molecule has 2 heterocycles. The zero-order valence-electron chi connectivity index (χ0n) is 18.0. The molecule has 0 N–H and O–H groups in total. The zero-order chi connectivity index (χ0) is 21.7. The van der Waals surface area contributed by atoms with Gasteiger partial charge in [0.2, 0.25) is 0 Å². The van der Waals surface area contributed by atoms with E-state index in [0.717, 1.165) is 0 Å². The van der Waals surface area contributed by atoms with Gasteiger partial charge in [-0.3, -0.25) is 0 Å². The first-order valence-electron chi connectivity index (χ1n) is 11.0. The highest BCUT2D eigenvalue weighted by atomic mass is 14.9. The Morgan fingerprint density at radius 1 is 0.719 bits per heavy atom. The van der Waals surface area contributed by atoms with Gasteiger partial charge in [0.15, 0.2) is 0 Å². The van der Waals surface area contributed by atoms with E-state index in [1.807, 2.05) is 12.2 Å². The van der Waals surface area contributed by atoms with Gasteiger partial charge in [-0.2, -0.15) is 0 Å². The van der Waals surface area contributed by atoms with Crippen molar-refractivity contribution in [3.05, 3.63) is 121 Å². The van der Waals surface area contributed by atoms with Gasteiger partial charge < -0.3 is 4.40 Å². The van der Waals surface area contributed by atoms with Crippen LogP contribution in [0.4, 0.5) is 0 Å². The van der Waals surface area contributed by atoms with Gasteiger partial charge in [0, 0.05) is 21.5 Å². The van der Waals surface area contributed by atoms with Gasteiger partial charge in [-0.1, -0.05) is 104 Å². The molecule has 6 rings (SSSR count). The van der Waals surface area contributed by atoms with Crippen LogP contribution in [-0.4, -0.2) is 4.40 Å². The quantitative estimate of drug-likeness (QED) is 0.257. The largest absolute Gasteiger partial charge is 0.308 e. The number of benzene rings is 4. The Morgan fingerprint density at radius 2 is 1.41 bits per heavy atom. The molecule has 0 aliphatic heterocycles. The third kappa shape index (κ3) is 2.58. The molecule has 0 aliphatic rings. The maximum absolute atomic E-state index is 3.77. The highest BCUT2D eigenvalue weighted by Crippen LogP contribution is 2.44. The lowest BCUT2D eigenvalue weighted by atomic mass is 9.97. The average molecular weight is 410 g/mol. The molecule has 0 fully saturated rings. The molecule has 0 bridgehead atoms. The molecule has 0 amide bonds. The van der Waals surface area contributed by atoms with Crippen LogP contribution in [0.3, 0.4) is 0 Å². The monoisotopic (exact) mass is 409 g/mol. The van der Waals surface area contributed by atoms with Crippen molar-refractivity contribution in [1.82, 2.24) is 4.40 Å². The molecule has 4 aromatic carbocycles. The number of fused-ring (bicyclic) bond motifs is 6. The highest BCUT2D eigenvalue weighted by Gasteiger charge is 2.20. The Hall–Kier alpha value is -4.10. The summed E-state index contributed by atoms with van der Waals surface area (Å²) in [6.07, 6.45) is 7.99. The summed E-state index contributed by atoms with van der Waals surface area (Å²) in [4.78, 5) is 0. The van der Waals surface area contributed by atoms with Crippen molar-refractivity contribution in [3.8, 4) is 11.1 Å². The number of rotatable bonds is 4. The summed E-state index contributed by atoms with van der Waals surface area (Å²) >= 11 is 0. The van der Waals surface area contributed by atoms with E-state index in [9.17, 15) is 0 Å². The molecule has 0 radical (unpaired) electrons. The second-order valence-electron chi connectivity index (χ2n) is 8.27. The minimum absolute atomic E-state index is 1.25. The van der Waals surface area contributed by atoms with Crippen molar-refractivity contribution >= 4 is 43.7 Å². The van der Waals surface area contributed by atoms with E-state index in [2.05, 4.69) is 115 Å². The molecule has 0 spiro atoms. The molecule has 6 aromatic rings. The molecule has 32 heavy (non-hydrogen) atoms. The van der Waals surface area contributed by atoms with Gasteiger partial charge in [-0.05, 0) is 41.3 Å². The molecule has 0 atom stereocenters. The summed E-state index contributed by atoms with van der Waals surface area (Å²) in [5.74, 6) is 0. The normalized spacial score (nSPS) is 12.7. The number of para-hydroxylation sites is 1. The topological polar surface area (TPSA) is 4.41 Å². The number of allylic oxidation sites excluding steroid dienone is 5. The Labute approximate surface area is 187 Å². The van der Waals surface area contributed by atoms with Crippen molar-refractivity contribution in [2.24, 2.45) is 0 Å². The third-order valence-electron chi connectivity index (χ3n) is 6.47. The van der Waals surface area contributed by atoms with Crippen LogP contribution in [0.2, 0.25) is 0 Å². The van der Waals surface area contributed by atoms with Crippen LogP contribution < -0.4 is 0 Å². The molecule has 0 saturated carbocycles. The van der Waals surface area contributed by atoms with Crippen molar-refractivity contribution in [2.45, 2.75) is 6.92 Å². The smallest absolute Gasteiger partial charge is 0.0620 e. The van der Waals surface area contributed by atoms with Gasteiger partial charge in [0.05, 0.1) is 16.6 Å². The van der Waals surface area contributed by atoms with E-state index in [0.29, 0.717) is 0 Å². The maximum Gasteiger partial charge on any atom is 0.0620 e. The van der Waals surface area contributed by atoms with E-state index >= 15 is 0 Å². The fraction of sp³-hybridized carbons (Fsp3) is 0.0323. The van der Waals surface area contributed by atoms with Crippen LogP contribution >= 0.6 is 0 Å². The summed E-state index contributed by atoms with van der Waals surface area (Å²) in [5.41, 5.74) is 8.89. The van der Waals surface area contributed by atoms with Crippen molar-refractivity contribution in [2.75, 3.05) is 0 Å². The van der Waals surface area contributed by atoms with Crippen LogP contribution in [0.25, 0.3) is 54.8 Å². The zero-order valence-corrected chi connectivity index (χ0v) is 18.0.